The number of halogens is 1. The van der Waals surface area contributed by atoms with Gasteiger partial charge in [-0.3, -0.25) is 5.43 Å². The van der Waals surface area contributed by atoms with Crippen molar-refractivity contribution in [3.8, 4) is 5.88 Å². The number of nitrogens with two attached hydrogens (primary N) is 1. The van der Waals surface area contributed by atoms with E-state index in [9.17, 15) is 4.39 Å². The van der Waals surface area contributed by atoms with Gasteiger partial charge in [-0.05, 0) is 13.1 Å². The minimum atomic E-state index is -0.594. The number of rotatable bonds is 7. The lowest BCUT2D eigenvalue weighted by molar-refractivity contribution is 0.211. The average molecular weight is 243 g/mol. The maximum Gasteiger partial charge on any atom is 0.255 e. The van der Waals surface area contributed by atoms with Gasteiger partial charge in [0.1, 0.15) is 6.61 Å². The molecule has 0 aliphatic heterocycles. The largest absolute Gasteiger partial charge is 0.474 e. The second-order valence-electron chi connectivity index (χ2n) is 3.37. The molecule has 1 aromatic heterocycles. The van der Waals surface area contributed by atoms with Gasteiger partial charge in [0, 0.05) is 6.54 Å². The summed E-state index contributed by atoms with van der Waals surface area (Å²) >= 11 is 0. The Labute approximate surface area is 100.0 Å². The molecule has 96 valence electrons. The SMILES string of the molecule is CCN(CC)CCOc1nc(NN)ncc1F. The first-order chi connectivity index (χ1) is 8.21. The number of likely N-dealkylation sites (N-methyl/N-ethyl adjacent to an activating group) is 1. The molecule has 0 saturated carbocycles. The molecule has 7 heteroatoms. The van der Waals surface area contributed by atoms with Gasteiger partial charge in [-0.15, -0.1) is 0 Å². The Hall–Kier alpha value is -1.47. The number of hydrazine groups is 1. The summed E-state index contributed by atoms with van der Waals surface area (Å²) in [5.74, 6) is 4.58. The van der Waals surface area contributed by atoms with Crippen LogP contribution in [0, 0.1) is 5.82 Å². The van der Waals surface area contributed by atoms with Gasteiger partial charge in [-0.2, -0.15) is 9.37 Å². The Bertz CT molecular complexity index is 345. The Morgan fingerprint density at radius 1 is 1.47 bits per heavy atom. The first kappa shape index (κ1) is 13.6. The van der Waals surface area contributed by atoms with Crippen molar-refractivity contribution < 1.29 is 9.13 Å². The Balaban J connectivity index is 2.50. The first-order valence-corrected chi connectivity index (χ1v) is 5.55. The van der Waals surface area contributed by atoms with Gasteiger partial charge >= 0.3 is 0 Å². The second-order valence-corrected chi connectivity index (χ2v) is 3.37. The van der Waals surface area contributed by atoms with Crippen molar-refractivity contribution in [2.24, 2.45) is 5.84 Å². The van der Waals surface area contributed by atoms with Crippen molar-refractivity contribution in [3.05, 3.63) is 12.0 Å². The third kappa shape index (κ3) is 4.12. The van der Waals surface area contributed by atoms with Crippen molar-refractivity contribution in [2.75, 3.05) is 31.7 Å². The van der Waals surface area contributed by atoms with Gasteiger partial charge in [0.25, 0.3) is 5.88 Å². The lowest BCUT2D eigenvalue weighted by Gasteiger charge is -2.17. The number of ether oxygens (including phenoxy) is 1. The van der Waals surface area contributed by atoms with Gasteiger partial charge in [0.2, 0.25) is 11.8 Å². The van der Waals surface area contributed by atoms with Crippen LogP contribution in [-0.4, -0.2) is 41.1 Å². The van der Waals surface area contributed by atoms with Gasteiger partial charge < -0.3 is 9.64 Å². The fourth-order valence-corrected chi connectivity index (χ4v) is 1.33. The van der Waals surface area contributed by atoms with E-state index in [2.05, 4.69) is 34.1 Å². The van der Waals surface area contributed by atoms with Crippen LogP contribution in [0.25, 0.3) is 0 Å². The molecule has 0 fully saturated rings. The van der Waals surface area contributed by atoms with E-state index in [1.54, 1.807) is 0 Å². The average Bonchev–Trinajstić information content (AvgIpc) is 2.36. The maximum atomic E-state index is 13.3. The second kappa shape index (κ2) is 6.97. The fourth-order valence-electron chi connectivity index (χ4n) is 1.33. The van der Waals surface area contributed by atoms with Crippen LogP contribution in [0.4, 0.5) is 10.3 Å². The quantitative estimate of drug-likeness (QED) is 0.540. The number of nitrogens with zero attached hydrogens (tertiary/aromatic N) is 3. The van der Waals surface area contributed by atoms with E-state index >= 15 is 0 Å². The van der Waals surface area contributed by atoms with E-state index in [1.165, 1.54) is 0 Å². The normalized spacial score (nSPS) is 10.6. The Morgan fingerprint density at radius 3 is 2.76 bits per heavy atom. The highest BCUT2D eigenvalue weighted by atomic mass is 19.1. The molecule has 0 radical (unpaired) electrons. The number of hydrogen-bond acceptors (Lipinski definition) is 6. The van der Waals surface area contributed by atoms with E-state index in [0.717, 1.165) is 25.8 Å². The zero-order chi connectivity index (χ0) is 12.7. The zero-order valence-corrected chi connectivity index (χ0v) is 10.1. The molecule has 0 aliphatic carbocycles. The predicted molar refractivity (Wildman–Crippen MR) is 63.1 cm³/mol. The van der Waals surface area contributed by atoms with Gasteiger partial charge in [-0.25, -0.2) is 10.8 Å². The van der Waals surface area contributed by atoms with Gasteiger partial charge in [0.05, 0.1) is 6.20 Å². The Morgan fingerprint density at radius 2 is 2.18 bits per heavy atom. The minimum Gasteiger partial charge on any atom is -0.474 e. The first-order valence-electron chi connectivity index (χ1n) is 5.55. The molecule has 0 spiro atoms. The monoisotopic (exact) mass is 243 g/mol. The highest BCUT2D eigenvalue weighted by Crippen LogP contribution is 2.13. The molecule has 1 aromatic rings. The third-order valence-electron chi connectivity index (χ3n) is 2.38. The van der Waals surface area contributed by atoms with E-state index < -0.39 is 5.82 Å². The molecule has 0 unspecified atom stereocenters. The van der Waals surface area contributed by atoms with Crippen LogP contribution in [0.1, 0.15) is 13.8 Å². The number of hydrogen-bond donors (Lipinski definition) is 2. The smallest absolute Gasteiger partial charge is 0.255 e. The molecule has 0 bridgehead atoms. The highest BCUT2D eigenvalue weighted by molar-refractivity contribution is 5.26. The van der Waals surface area contributed by atoms with Crippen molar-refractivity contribution in [1.29, 1.82) is 0 Å². The molecule has 17 heavy (non-hydrogen) atoms. The molecule has 0 amide bonds. The van der Waals surface area contributed by atoms with E-state index in [1.807, 2.05) is 0 Å². The molecule has 1 heterocycles. The van der Waals surface area contributed by atoms with Crippen LogP contribution in [0.2, 0.25) is 0 Å². The molecule has 0 saturated heterocycles. The molecule has 6 nitrogen and oxygen atoms in total. The standard InChI is InChI=1S/C10H18FN5O/c1-3-16(4-2)5-6-17-9-8(11)7-13-10(14-9)15-12/h7H,3-6,12H2,1-2H3,(H,13,14,15). The van der Waals surface area contributed by atoms with Crippen LogP contribution in [0.3, 0.4) is 0 Å². The van der Waals surface area contributed by atoms with Crippen LogP contribution in [0.15, 0.2) is 6.20 Å². The van der Waals surface area contributed by atoms with Crippen molar-refractivity contribution >= 4 is 5.95 Å². The fraction of sp³-hybridized carbons (Fsp3) is 0.600. The van der Waals surface area contributed by atoms with E-state index in [4.69, 9.17) is 10.6 Å². The summed E-state index contributed by atoms with van der Waals surface area (Å²) < 4.78 is 18.5. The number of nitrogen functional groups attached to an aromatic ring is 1. The molecule has 1 rings (SSSR count). The third-order valence-corrected chi connectivity index (χ3v) is 2.38. The van der Waals surface area contributed by atoms with Crippen molar-refractivity contribution in [1.82, 2.24) is 14.9 Å². The minimum absolute atomic E-state index is 0.0832. The van der Waals surface area contributed by atoms with E-state index in [-0.39, 0.29) is 11.8 Å². The van der Waals surface area contributed by atoms with Crippen molar-refractivity contribution in [2.45, 2.75) is 13.8 Å². The number of anilines is 1. The predicted octanol–water partition coefficient (Wildman–Crippen LogP) is 0.622. The van der Waals surface area contributed by atoms with Crippen LogP contribution in [0.5, 0.6) is 5.88 Å². The number of nitrogens with one attached hydrogen (secondary N) is 1. The summed E-state index contributed by atoms with van der Waals surface area (Å²) in [5, 5.41) is 0. The molecular formula is C10H18FN5O. The molecule has 0 atom stereocenters. The lowest BCUT2D eigenvalue weighted by atomic mass is 10.5. The summed E-state index contributed by atoms with van der Waals surface area (Å²) in [6.07, 6.45) is 1.02. The summed E-state index contributed by atoms with van der Waals surface area (Å²) in [7, 11) is 0. The Kier molecular flexibility index (Phi) is 5.58. The summed E-state index contributed by atoms with van der Waals surface area (Å²) in [4.78, 5) is 9.56. The highest BCUT2D eigenvalue weighted by Gasteiger charge is 2.08. The summed E-state index contributed by atoms with van der Waals surface area (Å²) in [6.45, 7) is 7.08. The van der Waals surface area contributed by atoms with Crippen molar-refractivity contribution in [3.63, 3.8) is 0 Å². The molecular weight excluding hydrogens is 225 g/mol. The molecule has 3 N–H and O–H groups in total. The molecule has 0 aromatic carbocycles. The topological polar surface area (TPSA) is 76.3 Å². The summed E-state index contributed by atoms with van der Waals surface area (Å²) in [6, 6.07) is 0. The van der Waals surface area contributed by atoms with Crippen LogP contribution < -0.4 is 16.0 Å². The van der Waals surface area contributed by atoms with Crippen LogP contribution >= 0.6 is 0 Å². The van der Waals surface area contributed by atoms with Gasteiger partial charge in [-0.1, -0.05) is 13.8 Å². The molecule has 0 aliphatic rings. The van der Waals surface area contributed by atoms with E-state index in [0.29, 0.717) is 6.61 Å². The lowest BCUT2D eigenvalue weighted by Crippen LogP contribution is -2.28. The maximum absolute atomic E-state index is 13.3. The van der Waals surface area contributed by atoms with Crippen LogP contribution in [-0.2, 0) is 0 Å². The number of aromatic nitrogens is 2. The zero-order valence-electron chi connectivity index (χ0n) is 10.1. The van der Waals surface area contributed by atoms with Gasteiger partial charge in [0.15, 0.2) is 0 Å². The summed E-state index contributed by atoms with van der Waals surface area (Å²) in [5.41, 5.74) is 2.24.